The van der Waals surface area contributed by atoms with Crippen LogP contribution in [0.4, 0.5) is 0 Å². The molecule has 1 fully saturated rings. The van der Waals surface area contributed by atoms with Crippen molar-refractivity contribution in [2.24, 2.45) is 5.41 Å². The third kappa shape index (κ3) is 2.56. The van der Waals surface area contributed by atoms with Gasteiger partial charge in [-0.15, -0.1) is 0 Å². The summed E-state index contributed by atoms with van der Waals surface area (Å²) in [6.07, 6.45) is 0.995. The molecule has 1 aliphatic rings. The maximum absolute atomic E-state index is 11.6. The standard InChI is InChI=1S/C14H17NO2S/c1-11-3-4-12(2)13(7-11)8-14(9-15)5-6-18(16,17)10-14/h3-4,7H,5-6,8,10H2,1-2H3. The van der Waals surface area contributed by atoms with E-state index < -0.39 is 15.3 Å². The van der Waals surface area contributed by atoms with E-state index in [2.05, 4.69) is 12.1 Å². The number of hydrogen-bond donors (Lipinski definition) is 0. The van der Waals surface area contributed by atoms with Gasteiger partial charge in [-0.05, 0) is 37.8 Å². The molecule has 3 nitrogen and oxygen atoms in total. The normalized spacial score (nSPS) is 25.8. The van der Waals surface area contributed by atoms with Crippen LogP contribution in [0, 0.1) is 30.6 Å². The van der Waals surface area contributed by atoms with Crippen LogP contribution >= 0.6 is 0 Å². The number of hydrogen-bond acceptors (Lipinski definition) is 3. The van der Waals surface area contributed by atoms with Crippen molar-refractivity contribution in [1.29, 1.82) is 5.26 Å². The Morgan fingerprint density at radius 2 is 2.11 bits per heavy atom. The van der Waals surface area contributed by atoms with Gasteiger partial charge in [0.15, 0.2) is 9.84 Å². The lowest BCUT2D eigenvalue weighted by Gasteiger charge is -2.20. The van der Waals surface area contributed by atoms with E-state index in [4.69, 9.17) is 0 Å². The maximum Gasteiger partial charge on any atom is 0.151 e. The minimum atomic E-state index is -3.03. The summed E-state index contributed by atoms with van der Waals surface area (Å²) < 4.78 is 23.2. The third-order valence-electron chi connectivity index (χ3n) is 3.66. The highest BCUT2D eigenvalue weighted by atomic mass is 32.2. The molecular weight excluding hydrogens is 246 g/mol. The summed E-state index contributed by atoms with van der Waals surface area (Å²) in [4.78, 5) is 0. The molecular formula is C14H17NO2S. The minimum absolute atomic E-state index is 0.00385. The van der Waals surface area contributed by atoms with E-state index in [0.717, 1.165) is 16.7 Å². The minimum Gasteiger partial charge on any atom is -0.229 e. The third-order valence-corrected chi connectivity index (χ3v) is 5.48. The summed E-state index contributed by atoms with van der Waals surface area (Å²) in [6.45, 7) is 4.01. The van der Waals surface area contributed by atoms with Gasteiger partial charge in [0.25, 0.3) is 0 Å². The van der Waals surface area contributed by atoms with E-state index >= 15 is 0 Å². The van der Waals surface area contributed by atoms with Crippen LogP contribution in [-0.2, 0) is 16.3 Å². The molecule has 0 N–H and O–H groups in total. The fourth-order valence-corrected chi connectivity index (χ4v) is 4.54. The van der Waals surface area contributed by atoms with Crippen molar-refractivity contribution in [2.75, 3.05) is 11.5 Å². The Morgan fingerprint density at radius 1 is 1.39 bits per heavy atom. The van der Waals surface area contributed by atoms with Crippen LogP contribution in [0.25, 0.3) is 0 Å². The molecule has 1 unspecified atom stereocenters. The maximum atomic E-state index is 11.6. The van der Waals surface area contributed by atoms with E-state index in [-0.39, 0.29) is 11.5 Å². The smallest absolute Gasteiger partial charge is 0.151 e. The van der Waals surface area contributed by atoms with Crippen molar-refractivity contribution in [2.45, 2.75) is 26.7 Å². The summed E-state index contributed by atoms with van der Waals surface area (Å²) in [5, 5.41) is 9.36. The number of rotatable bonds is 2. The molecule has 0 aromatic heterocycles. The highest BCUT2D eigenvalue weighted by Gasteiger charge is 2.42. The monoisotopic (exact) mass is 263 g/mol. The van der Waals surface area contributed by atoms with Crippen LogP contribution in [0.1, 0.15) is 23.1 Å². The van der Waals surface area contributed by atoms with Crippen LogP contribution in [0.3, 0.4) is 0 Å². The summed E-state index contributed by atoms with van der Waals surface area (Å²) in [5.74, 6) is 0.148. The Morgan fingerprint density at radius 3 is 2.67 bits per heavy atom. The summed E-state index contributed by atoms with van der Waals surface area (Å²) >= 11 is 0. The van der Waals surface area contributed by atoms with Gasteiger partial charge in [0, 0.05) is 0 Å². The van der Waals surface area contributed by atoms with Crippen LogP contribution < -0.4 is 0 Å². The lowest BCUT2D eigenvalue weighted by molar-refractivity contribution is 0.450. The average Bonchev–Trinajstić information content (AvgIpc) is 2.60. The van der Waals surface area contributed by atoms with Crippen molar-refractivity contribution in [3.63, 3.8) is 0 Å². The molecule has 1 aromatic rings. The quantitative estimate of drug-likeness (QED) is 0.821. The highest BCUT2D eigenvalue weighted by Crippen LogP contribution is 2.36. The molecule has 18 heavy (non-hydrogen) atoms. The number of benzene rings is 1. The Bertz CT molecular complexity index is 613. The molecule has 2 rings (SSSR count). The zero-order valence-corrected chi connectivity index (χ0v) is 11.5. The fourth-order valence-electron chi connectivity index (χ4n) is 2.54. The van der Waals surface area contributed by atoms with Gasteiger partial charge < -0.3 is 0 Å². The van der Waals surface area contributed by atoms with Gasteiger partial charge in [-0.3, -0.25) is 0 Å². The molecule has 0 bridgehead atoms. The zero-order valence-electron chi connectivity index (χ0n) is 10.7. The predicted molar refractivity (Wildman–Crippen MR) is 70.9 cm³/mol. The fraction of sp³-hybridized carbons (Fsp3) is 0.500. The van der Waals surface area contributed by atoms with Crippen molar-refractivity contribution < 1.29 is 8.42 Å². The number of nitriles is 1. The topological polar surface area (TPSA) is 57.9 Å². The zero-order chi connectivity index (χ0) is 13.4. The van der Waals surface area contributed by atoms with Gasteiger partial charge in [-0.1, -0.05) is 23.8 Å². The summed E-state index contributed by atoms with van der Waals surface area (Å²) in [5.41, 5.74) is 2.63. The molecule has 0 amide bonds. The van der Waals surface area contributed by atoms with Crippen LogP contribution in [0.5, 0.6) is 0 Å². The Hall–Kier alpha value is -1.34. The van der Waals surface area contributed by atoms with Crippen LogP contribution in [-0.4, -0.2) is 19.9 Å². The molecule has 1 heterocycles. The van der Waals surface area contributed by atoms with E-state index in [9.17, 15) is 13.7 Å². The number of sulfone groups is 1. The van der Waals surface area contributed by atoms with E-state index in [1.165, 1.54) is 0 Å². The van der Waals surface area contributed by atoms with Gasteiger partial charge in [-0.2, -0.15) is 5.26 Å². The van der Waals surface area contributed by atoms with Gasteiger partial charge in [0.05, 0.1) is 23.0 Å². The molecule has 1 saturated heterocycles. The SMILES string of the molecule is Cc1ccc(C)c(CC2(C#N)CCS(=O)(=O)C2)c1. The summed E-state index contributed by atoms with van der Waals surface area (Å²) in [6, 6.07) is 8.36. The molecule has 0 saturated carbocycles. The molecule has 0 spiro atoms. The number of nitrogens with zero attached hydrogens (tertiary/aromatic N) is 1. The first-order valence-electron chi connectivity index (χ1n) is 6.04. The lowest BCUT2D eigenvalue weighted by Crippen LogP contribution is -2.23. The largest absolute Gasteiger partial charge is 0.229 e. The first kappa shape index (κ1) is 13.1. The average molecular weight is 263 g/mol. The van der Waals surface area contributed by atoms with Crippen molar-refractivity contribution in [1.82, 2.24) is 0 Å². The van der Waals surface area contributed by atoms with Crippen LogP contribution in [0.2, 0.25) is 0 Å². The predicted octanol–water partition coefficient (Wildman–Crippen LogP) is 2.17. The van der Waals surface area contributed by atoms with Gasteiger partial charge in [-0.25, -0.2) is 8.42 Å². The van der Waals surface area contributed by atoms with Gasteiger partial charge in [0.1, 0.15) is 0 Å². The Kier molecular flexibility index (Phi) is 3.20. The highest BCUT2D eigenvalue weighted by molar-refractivity contribution is 7.91. The first-order valence-corrected chi connectivity index (χ1v) is 7.86. The van der Waals surface area contributed by atoms with Gasteiger partial charge >= 0.3 is 0 Å². The van der Waals surface area contributed by atoms with Crippen molar-refractivity contribution in [3.8, 4) is 6.07 Å². The molecule has 1 aliphatic heterocycles. The summed E-state index contributed by atoms with van der Waals surface area (Å²) in [7, 11) is -3.03. The second kappa shape index (κ2) is 4.40. The second-order valence-electron chi connectivity index (χ2n) is 5.34. The lowest BCUT2D eigenvalue weighted by atomic mass is 9.81. The van der Waals surface area contributed by atoms with E-state index in [1.807, 2.05) is 26.0 Å². The molecule has 0 radical (unpaired) electrons. The molecule has 4 heteroatoms. The first-order chi connectivity index (χ1) is 8.36. The van der Waals surface area contributed by atoms with Gasteiger partial charge in [0.2, 0.25) is 0 Å². The van der Waals surface area contributed by atoms with Crippen molar-refractivity contribution in [3.05, 3.63) is 34.9 Å². The molecule has 1 atom stereocenters. The molecule has 96 valence electrons. The number of aryl methyl sites for hydroxylation is 2. The second-order valence-corrected chi connectivity index (χ2v) is 7.52. The Balaban J connectivity index is 2.33. The molecule has 1 aromatic carbocycles. The van der Waals surface area contributed by atoms with E-state index in [0.29, 0.717) is 12.8 Å². The van der Waals surface area contributed by atoms with Crippen LogP contribution in [0.15, 0.2) is 18.2 Å². The van der Waals surface area contributed by atoms with E-state index in [1.54, 1.807) is 0 Å². The molecule has 0 aliphatic carbocycles. The van der Waals surface area contributed by atoms with Crippen molar-refractivity contribution >= 4 is 9.84 Å². The Labute approximate surface area is 108 Å².